The summed E-state index contributed by atoms with van der Waals surface area (Å²) in [7, 11) is 0. The van der Waals surface area contributed by atoms with Crippen LogP contribution in [0.1, 0.15) is 19.3 Å². The summed E-state index contributed by atoms with van der Waals surface area (Å²) >= 11 is 0. The molecule has 0 amide bonds. The fraction of sp³-hybridized carbons (Fsp3) is 1.00. The minimum atomic E-state index is -2.37. The van der Waals surface area contributed by atoms with Crippen molar-refractivity contribution in [3.8, 4) is 0 Å². The van der Waals surface area contributed by atoms with Gasteiger partial charge in [-0.05, 0) is 19.4 Å². The molecule has 1 saturated heterocycles. The minimum absolute atomic E-state index is 0.338. The molecular weight excluding hydrogens is 136 g/mol. The number of fused-ring (bicyclic) bond motifs is 1. The molecule has 0 bridgehead atoms. The van der Waals surface area contributed by atoms with E-state index in [2.05, 4.69) is 5.32 Å². The van der Waals surface area contributed by atoms with Crippen LogP contribution in [0.5, 0.6) is 0 Å². The largest absolute Gasteiger partial charge is 0.308 e. The maximum Gasteiger partial charge on any atom is 0.268 e. The molecule has 0 aromatic carbocycles. The molecule has 1 N–H and O–H groups in total. The molecule has 2 rings (SSSR count). The van der Waals surface area contributed by atoms with Crippen molar-refractivity contribution in [1.82, 2.24) is 5.32 Å². The predicted molar refractivity (Wildman–Crippen MR) is 34.1 cm³/mol. The molecule has 1 nitrogen and oxygen atoms in total. The first-order valence-corrected chi connectivity index (χ1v) is 3.84. The third-order valence-electron chi connectivity index (χ3n) is 2.51. The van der Waals surface area contributed by atoms with E-state index < -0.39 is 12.0 Å². The van der Waals surface area contributed by atoms with E-state index in [0.29, 0.717) is 6.42 Å². The molecule has 1 heterocycles. The van der Waals surface area contributed by atoms with E-state index in [1.165, 1.54) is 0 Å². The fourth-order valence-corrected chi connectivity index (χ4v) is 1.77. The molecule has 1 aliphatic heterocycles. The Balaban J connectivity index is 2.01. The molecule has 2 fully saturated rings. The van der Waals surface area contributed by atoms with Crippen LogP contribution in [0.2, 0.25) is 0 Å². The van der Waals surface area contributed by atoms with E-state index in [1.54, 1.807) is 0 Å². The highest BCUT2D eigenvalue weighted by molar-refractivity contribution is 5.11. The Kier molecular flexibility index (Phi) is 1.24. The lowest BCUT2D eigenvalue weighted by Crippen LogP contribution is -2.22. The lowest BCUT2D eigenvalue weighted by atomic mass is 10.2. The fourth-order valence-electron chi connectivity index (χ4n) is 1.77. The standard InChI is InChI=1S/C7H11F2N/c8-7(9)5-3-1-2-4-10-6(5)7/h5-6,10H,1-4H2. The van der Waals surface area contributed by atoms with Gasteiger partial charge in [0, 0.05) is 5.92 Å². The van der Waals surface area contributed by atoms with E-state index in [1.807, 2.05) is 0 Å². The van der Waals surface area contributed by atoms with Gasteiger partial charge >= 0.3 is 0 Å². The second-order valence-corrected chi connectivity index (χ2v) is 3.21. The van der Waals surface area contributed by atoms with E-state index in [9.17, 15) is 8.78 Å². The van der Waals surface area contributed by atoms with E-state index in [4.69, 9.17) is 0 Å². The Morgan fingerprint density at radius 3 is 2.90 bits per heavy atom. The number of halogens is 2. The van der Waals surface area contributed by atoms with Gasteiger partial charge in [0.1, 0.15) is 0 Å². The number of hydrogen-bond donors (Lipinski definition) is 1. The number of rotatable bonds is 0. The van der Waals surface area contributed by atoms with Crippen molar-refractivity contribution in [2.24, 2.45) is 5.92 Å². The van der Waals surface area contributed by atoms with Gasteiger partial charge in [-0.1, -0.05) is 6.42 Å². The second-order valence-electron chi connectivity index (χ2n) is 3.21. The van der Waals surface area contributed by atoms with Crippen LogP contribution in [-0.4, -0.2) is 18.5 Å². The monoisotopic (exact) mass is 147 g/mol. The van der Waals surface area contributed by atoms with Crippen LogP contribution < -0.4 is 5.32 Å². The summed E-state index contributed by atoms with van der Waals surface area (Å²) in [5.74, 6) is -2.71. The SMILES string of the molecule is FC1(F)C2CCCCNC21. The smallest absolute Gasteiger partial charge is 0.268 e. The Morgan fingerprint density at radius 1 is 1.30 bits per heavy atom. The molecule has 2 unspecified atom stereocenters. The summed E-state index contributed by atoms with van der Waals surface area (Å²) in [5.41, 5.74) is 0. The van der Waals surface area contributed by atoms with Crippen LogP contribution in [0, 0.1) is 5.92 Å². The zero-order valence-electron chi connectivity index (χ0n) is 5.74. The van der Waals surface area contributed by atoms with Crippen LogP contribution >= 0.6 is 0 Å². The Labute approximate surface area is 58.8 Å². The number of nitrogens with one attached hydrogen (secondary N) is 1. The van der Waals surface area contributed by atoms with Gasteiger partial charge in [-0.25, -0.2) is 8.78 Å². The third kappa shape index (κ3) is 0.764. The minimum Gasteiger partial charge on any atom is -0.308 e. The van der Waals surface area contributed by atoms with Crippen molar-refractivity contribution in [3.05, 3.63) is 0 Å². The molecular formula is C7H11F2N. The average Bonchev–Trinajstić information content (AvgIpc) is 2.47. The van der Waals surface area contributed by atoms with Crippen molar-refractivity contribution < 1.29 is 8.78 Å². The summed E-state index contributed by atoms with van der Waals surface area (Å²) in [4.78, 5) is 0. The topological polar surface area (TPSA) is 12.0 Å². The summed E-state index contributed by atoms with van der Waals surface area (Å²) in [6.45, 7) is 0.775. The van der Waals surface area contributed by atoms with Crippen LogP contribution in [0.15, 0.2) is 0 Å². The van der Waals surface area contributed by atoms with Gasteiger partial charge in [-0.2, -0.15) is 0 Å². The van der Waals surface area contributed by atoms with Crippen molar-refractivity contribution in [1.29, 1.82) is 0 Å². The summed E-state index contributed by atoms with van der Waals surface area (Å²) < 4.78 is 25.2. The molecule has 0 spiro atoms. The van der Waals surface area contributed by atoms with Gasteiger partial charge in [0.05, 0.1) is 6.04 Å². The Bertz CT molecular complexity index is 133. The summed E-state index contributed by atoms with van der Waals surface area (Å²) in [6.07, 6.45) is 2.73. The highest BCUT2D eigenvalue weighted by atomic mass is 19.3. The maximum absolute atomic E-state index is 12.6. The Hall–Kier alpha value is -0.180. The van der Waals surface area contributed by atoms with Gasteiger partial charge < -0.3 is 5.32 Å². The normalized spacial score (nSPS) is 43.8. The predicted octanol–water partition coefficient (Wildman–Crippen LogP) is 1.39. The number of hydrogen-bond acceptors (Lipinski definition) is 1. The molecule has 1 aliphatic carbocycles. The zero-order valence-corrected chi connectivity index (χ0v) is 5.74. The zero-order chi connectivity index (χ0) is 7.19. The van der Waals surface area contributed by atoms with Crippen LogP contribution in [0.25, 0.3) is 0 Å². The second kappa shape index (κ2) is 1.91. The highest BCUT2D eigenvalue weighted by Crippen LogP contribution is 2.52. The molecule has 0 aromatic rings. The van der Waals surface area contributed by atoms with Crippen LogP contribution in [0.3, 0.4) is 0 Å². The molecule has 58 valence electrons. The molecule has 10 heavy (non-hydrogen) atoms. The van der Waals surface area contributed by atoms with Crippen molar-refractivity contribution in [2.45, 2.75) is 31.2 Å². The van der Waals surface area contributed by atoms with Crippen LogP contribution in [-0.2, 0) is 0 Å². The quantitative estimate of drug-likeness (QED) is 0.546. The first kappa shape index (κ1) is 6.53. The van der Waals surface area contributed by atoms with Gasteiger partial charge in [-0.3, -0.25) is 0 Å². The van der Waals surface area contributed by atoms with Gasteiger partial charge in [0.2, 0.25) is 0 Å². The van der Waals surface area contributed by atoms with Crippen molar-refractivity contribution >= 4 is 0 Å². The van der Waals surface area contributed by atoms with Crippen molar-refractivity contribution in [2.75, 3.05) is 6.54 Å². The van der Waals surface area contributed by atoms with E-state index in [0.717, 1.165) is 19.4 Å². The average molecular weight is 147 g/mol. The van der Waals surface area contributed by atoms with E-state index >= 15 is 0 Å². The molecule has 1 saturated carbocycles. The molecule has 3 heteroatoms. The summed E-state index contributed by atoms with van der Waals surface area (Å²) in [6, 6.07) is -0.477. The molecule has 0 radical (unpaired) electrons. The third-order valence-corrected chi connectivity index (χ3v) is 2.51. The van der Waals surface area contributed by atoms with E-state index in [-0.39, 0.29) is 5.92 Å². The molecule has 0 aromatic heterocycles. The first-order valence-electron chi connectivity index (χ1n) is 3.84. The summed E-state index contributed by atoms with van der Waals surface area (Å²) in [5, 5.41) is 2.86. The first-order chi connectivity index (χ1) is 4.73. The number of alkyl halides is 2. The molecule has 2 atom stereocenters. The van der Waals surface area contributed by atoms with Gasteiger partial charge in [-0.15, -0.1) is 0 Å². The van der Waals surface area contributed by atoms with Crippen molar-refractivity contribution in [3.63, 3.8) is 0 Å². The van der Waals surface area contributed by atoms with Crippen LogP contribution in [0.4, 0.5) is 8.78 Å². The van der Waals surface area contributed by atoms with Gasteiger partial charge in [0.25, 0.3) is 5.92 Å². The maximum atomic E-state index is 12.6. The lowest BCUT2D eigenvalue weighted by molar-refractivity contribution is 0.0854. The lowest BCUT2D eigenvalue weighted by Gasteiger charge is -2.00. The Morgan fingerprint density at radius 2 is 2.10 bits per heavy atom. The molecule has 2 aliphatic rings. The van der Waals surface area contributed by atoms with Gasteiger partial charge in [0.15, 0.2) is 0 Å². The highest BCUT2D eigenvalue weighted by Gasteiger charge is 2.67.